The Morgan fingerprint density at radius 2 is 1.67 bits per heavy atom. The molecule has 3 nitrogen and oxygen atoms in total. The normalized spacial score (nSPS) is 10.9. The van der Waals surface area contributed by atoms with Crippen LogP contribution in [0.1, 0.15) is 13.8 Å². The van der Waals surface area contributed by atoms with E-state index in [1.807, 2.05) is 24.3 Å². The second-order valence-electron chi connectivity index (χ2n) is 4.12. The summed E-state index contributed by atoms with van der Waals surface area (Å²) in [5.41, 5.74) is 0. The molecule has 0 heterocycles. The number of likely N-dealkylation sites (N-methyl/N-ethyl adjacent to an activating group) is 1. The predicted octanol–water partition coefficient (Wildman–Crippen LogP) is 1.77. The Kier molecular flexibility index (Phi) is 8.05. The van der Waals surface area contributed by atoms with Crippen LogP contribution in [0.2, 0.25) is 0 Å². The van der Waals surface area contributed by atoms with E-state index < -0.39 is 0 Å². The Balaban J connectivity index is 2.03. The maximum absolute atomic E-state index is 5.57. The number of halogens is 1. The highest BCUT2D eigenvalue weighted by Gasteiger charge is 2.01. The fourth-order valence-electron chi connectivity index (χ4n) is 1.67. The largest absolute Gasteiger partial charge is 0.491 e. The lowest BCUT2D eigenvalue weighted by atomic mass is 10.3. The van der Waals surface area contributed by atoms with Gasteiger partial charge in [-0.25, -0.2) is 0 Å². The summed E-state index contributed by atoms with van der Waals surface area (Å²) in [7, 11) is 0. The zero-order valence-electron chi connectivity index (χ0n) is 11.2. The predicted molar refractivity (Wildman–Crippen MR) is 77.4 cm³/mol. The summed E-state index contributed by atoms with van der Waals surface area (Å²) in [6.45, 7) is 9.87. The minimum Gasteiger partial charge on any atom is -0.491 e. The second kappa shape index (κ2) is 9.36. The molecule has 0 aliphatic carbocycles. The zero-order chi connectivity index (χ0) is 13.2. The molecule has 0 unspecified atom stereocenters. The minimum absolute atomic E-state index is 0.606. The standard InChI is InChI=1S/C14H22BrNO2/c1-3-16(4-2)9-10-17-11-12-18-14-7-5-13(15)6-8-14/h5-8H,3-4,9-12H2,1-2H3/p+1. The van der Waals surface area contributed by atoms with E-state index in [9.17, 15) is 0 Å². The van der Waals surface area contributed by atoms with Crippen LogP contribution in [-0.2, 0) is 4.74 Å². The van der Waals surface area contributed by atoms with E-state index in [1.54, 1.807) is 4.90 Å². The van der Waals surface area contributed by atoms with Gasteiger partial charge in [0.25, 0.3) is 0 Å². The first kappa shape index (κ1) is 15.5. The van der Waals surface area contributed by atoms with Gasteiger partial charge in [0.15, 0.2) is 0 Å². The molecule has 0 saturated carbocycles. The minimum atomic E-state index is 0.606. The summed E-state index contributed by atoms with van der Waals surface area (Å²) in [6, 6.07) is 7.84. The summed E-state index contributed by atoms with van der Waals surface area (Å²) in [5, 5.41) is 0. The summed E-state index contributed by atoms with van der Waals surface area (Å²) >= 11 is 3.39. The molecule has 0 atom stereocenters. The molecule has 1 aromatic rings. The number of benzene rings is 1. The van der Waals surface area contributed by atoms with Crippen molar-refractivity contribution in [2.45, 2.75) is 13.8 Å². The Labute approximate surface area is 118 Å². The van der Waals surface area contributed by atoms with Crippen molar-refractivity contribution in [2.24, 2.45) is 0 Å². The van der Waals surface area contributed by atoms with Crippen LogP contribution in [0.25, 0.3) is 0 Å². The summed E-state index contributed by atoms with van der Waals surface area (Å²) in [6.07, 6.45) is 0. The fraction of sp³-hybridized carbons (Fsp3) is 0.571. The van der Waals surface area contributed by atoms with E-state index in [-0.39, 0.29) is 0 Å². The molecule has 0 spiro atoms. The summed E-state index contributed by atoms with van der Waals surface area (Å²) in [4.78, 5) is 1.57. The smallest absolute Gasteiger partial charge is 0.119 e. The first-order valence-corrected chi connectivity index (χ1v) is 7.35. The molecular weight excluding hydrogens is 294 g/mol. The van der Waals surface area contributed by atoms with E-state index in [1.165, 1.54) is 0 Å². The van der Waals surface area contributed by atoms with E-state index in [0.717, 1.165) is 36.5 Å². The lowest BCUT2D eigenvalue weighted by Crippen LogP contribution is -3.11. The van der Waals surface area contributed by atoms with Gasteiger partial charge in [-0.05, 0) is 38.1 Å². The van der Waals surface area contributed by atoms with Crippen LogP contribution >= 0.6 is 15.9 Å². The van der Waals surface area contributed by atoms with Gasteiger partial charge < -0.3 is 14.4 Å². The molecule has 0 fully saturated rings. The Morgan fingerprint density at radius 3 is 2.28 bits per heavy atom. The molecule has 1 N–H and O–H groups in total. The summed E-state index contributed by atoms with van der Waals surface area (Å²) < 4.78 is 12.2. The first-order chi connectivity index (χ1) is 8.76. The number of ether oxygens (including phenoxy) is 2. The van der Waals surface area contributed by atoms with Crippen molar-refractivity contribution in [1.82, 2.24) is 0 Å². The van der Waals surface area contributed by atoms with Crippen LogP contribution in [-0.4, -0.2) is 39.5 Å². The molecule has 1 aromatic carbocycles. The molecule has 0 amide bonds. The van der Waals surface area contributed by atoms with E-state index in [0.29, 0.717) is 13.2 Å². The average molecular weight is 317 g/mol. The van der Waals surface area contributed by atoms with Crippen molar-refractivity contribution in [3.05, 3.63) is 28.7 Å². The SMILES string of the molecule is CC[NH+](CC)CCOCCOc1ccc(Br)cc1. The van der Waals surface area contributed by atoms with Crippen molar-refractivity contribution >= 4 is 15.9 Å². The first-order valence-electron chi connectivity index (χ1n) is 6.56. The number of quaternary nitrogens is 1. The third-order valence-electron chi connectivity index (χ3n) is 2.91. The Hall–Kier alpha value is -0.580. The zero-order valence-corrected chi connectivity index (χ0v) is 12.8. The highest BCUT2D eigenvalue weighted by molar-refractivity contribution is 9.10. The number of nitrogens with one attached hydrogen (secondary N) is 1. The van der Waals surface area contributed by atoms with Crippen LogP contribution in [0.4, 0.5) is 0 Å². The third-order valence-corrected chi connectivity index (χ3v) is 3.44. The number of hydrogen-bond acceptors (Lipinski definition) is 2. The van der Waals surface area contributed by atoms with Crippen molar-refractivity contribution in [3.63, 3.8) is 0 Å². The van der Waals surface area contributed by atoms with Gasteiger partial charge in [0.2, 0.25) is 0 Å². The number of hydrogen-bond donors (Lipinski definition) is 1. The van der Waals surface area contributed by atoms with Gasteiger partial charge in [-0.2, -0.15) is 0 Å². The van der Waals surface area contributed by atoms with Gasteiger partial charge in [-0.3, -0.25) is 0 Å². The number of rotatable bonds is 9. The van der Waals surface area contributed by atoms with Gasteiger partial charge in [0.05, 0.1) is 26.3 Å². The highest BCUT2D eigenvalue weighted by atomic mass is 79.9. The molecule has 0 saturated heterocycles. The van der Waals surface area contributed by atoms with Gasteiger partial charge >= 0.3 is 0 Å². The molecule has 18 heavy (non-hydrogen) atoms. The van der Waals surface area contributed by atoms with E-state index in [2.05, 4.69) is 29.8 Å². The van der Waals surface area contributed by atoms with Crippen LogP contribution in [0.3, 0.4) is 0 Å². The molecule has 102 valence electrons. The molecule has 0 aliphatic rings. The summed E-state index contributed by atoms with van der Waals surface area (Å²) in [5.74, 6) is 0.885. The maximum atomic E-state index is 5.57. The molecule has 0 aliphatic heterocycles. The van der Waals surface area contributed by atoms with Crippen molar-refractivity contribution < 1.29 is 14.4 Å². The van der Waals surface area contributed by atoms with E-state index >= 15 is 0 Å². The Morgan fingerprint density at radius 1 is 1.00 bits per heavy atom. The fourth-order valence-corrected chi connectivity index (χ4v) is 1.94. The highest BCUT2D eigenvalue weighted by Crippen LogP contribution is 2.15. The topological polar surface area (TPSA) is 22.9 Å². The van der Waals surface area contributed by atoms with E-state index in [4.69, 9.17) is 9.47 Å². The molecule has 1 rings (SSSR count). The van der Waals surface area contributed by atoms with Crippen LogP contribution < -0.4 is 9.64 Å². The van der Waals surface area contributed by atoms with Crippen molar-refractivity contribution in [1.29, 1.82) is 0 Å². The molecule has 0 bridgehead atoms. The Bertz CT molecular complexity index is 312. The van der Waals surface area contributed by atoms with Crippen LogP contribution in [0.5, 0.6) is 5.75 Å². The van der Waals surface area contributed by atoms with Crippen LogP contribution in [0, 0.1) is 0 Å². The lowest BCUT2D eigenvalue weighted by molar-refractivity contribution is -0.896. The van der Waals surface area contributed by atoms with Crippen molar-refractivity contribution in [2.75, 3.05) is 39.5 Å². The van der Waals surface area contributed by atoms with Gasteiger partial charge in [-0.15, -0.1) is 0 Å². The third kappa shape index (κ3) is 6.38. The van der Waals surface area contributed by atoms with Gasteiger partial charge in [0, 0.05) is 4.47 Å². The van der Waals surface area contributed by atoms with Gasteiger partial charge in [-0.1, -0.05) is 15.9 Å². The van der Waals surface area contributed by atoms with Crippen molar-refractivity contribution in [3.8, 4) is 5.75 Å². The second-order valence-corrected chi connectivity index (χ2v) is 5.04. The average Bonchev–Trinajstić information content (AvgIpc) is 2.40. The molecular formula is C14H23BrNO2+. The molecule has 0 radical (unpaired) electrons. The lowest BCUT2D eigenvalue weighted by Gasteiger charge is -2.15. The quantitative estimate of drug-likeness (QED) is 0.702. The molecule has 4 heteroatoms. The maximum Gasteiger partial charge on any atom is 0.119 e. The monoisotopic (exact) mass is 316 g/mol. The molecule has 0 aromatic heterocycles. The van der Waals surface area contributed by atoms with Gasteiger partial charge in [0.1, 0.15) is 18.9 Å². The van der Waals surface area contributed by atoms with Crippen LogP contribution in [0.15, 0.2) is 28.7 Å².